The quantitative estimate of drug-likeness (QED) is 0.862. The first kappa shape index (κ1) is 14.1. The predicted molar refractivity (Wildman–Crippen MR) is 72.0 cm³/mol. The fourth-order valence-electron chi connectivity index (χ4n) is 1.00. The third-order valence-electron chi connectivity index (χ3n) is 1.72. The van der Waals surface area contributed by atoms with E-state index in [0.717, 1.165) is 11.8 Å². The van der Waals surface area contributed by atoms with Crippen LogP contribution in [0.15, 0.2) is 30.9 Å². The highest BCUT2D eigenvalue weighted by atomic mass is 35.5. The molecule has 0 bridgehead atoms. The van der Waals surface area contributed by atoms with Gasteiger partial charge in [0.15, 0.2) is 0 Å². The van der Waals surface area contributed by atoms with E-state index in [1.54, 1.807) is 6.08 Å². The van der Waals surface area contributed by atoms with Gasteiger partial charge in [-0.1, -0.05) is 41.0 Å². The molecule has 0 unspecified atom stereocenters. The van der Waals surface area contributed by atoms with E-state index >= 15 is 0 Å². The molecule has 0 aliphatic carbocycles. The van der Waals surface area contributed by atoms with Crippen molar-refractivity contribution in [3.05, 3.63) is 46.5 Å². The molecule has 3 nitrogen and oxygen atoms in total. The summed E-state index contributed by atoms with van der Waals surface area (Å²) in [7, 11) is 0. The molecule has 0 fully saturated rings. The lowest BCUT2D eigenvalue weighted by Crippen LogP contribution is -2.27. The monoisotopic (exact) mass is 289 g/mol. The Morgan fingerprint density at radius 1 is 1.41 bits per heavy atom. The molecule has 6 heteroatoms. The largest absolute Gasteiger partial charge is 0.286 e. The van der Waals surface area contributed by atoms with Crippen molar-refractivity contribution in [2.24, 2.45) is 0 Å². The van der Waals surface area contributed by atoms with Crippen LogP contribution in [0.25, 0.3) is 0 Å². The van der Waals surface area contributed by atoms with Crippen LogP contribution < -0.4 is 5.32 Å². The number of benzene rings is 1. The third-order valence-corrected chi connectivity index (χ3v) is 3.04. The molecule has 2 amide bonds. The SMILES string of the molecule is C=CCSC(=O)NC(=O)c1ccc(Cl)cc1Cl. The number of carbonyl (C=O) groups is 2. The van der Waals surface area contributed by atoms with Crippen molar-refractivity contribution in [3.63, 3.8) is 0 Å². The number of thioether (sulfide) groups is 1. The first-order chi connectivity index (χ1) is 8.04. The Labute approximate surface area is 113 Å². The Kier molecular flexibility index (Phi) is 5.55. The van der Waals surface area contributed by atoms with Gasteiger partial charge in [0, 0.05) is 10.8 Å². The Morgan fingerprint density at radius 3 is 2.71 bits per heavy atom. The van der Waals surface area contributed by atoms with Gasteiger partial charge in [-0.3, -0.25) is 14.9 Å². The number of imide groups is 1. The van der Waals surface area contributed by atoms with Crippen LogP contribution in [0.3, 0.4) is 0 Å². The lowest BCUT2D eigenvalue weighted by molar-refractivity contribution is 0.0969. The maximum Gasteiger partial charge on any atom is 0.286 e. The number of hydrogen-bond donors (Lipinski definition) is 1. The molecule has 1 aromatic rings. The van der Waals surface area contributed by atoms with Crippen molar-refractivity contribution in [1.29, 1.82) is 0 Å². The molecule has 0 spiro atoms. The summed E-state index contributed by atoms with van der Waals surface area (Å²) in [5, 5.41) is 2.39. The normalized spacial score (nSPS) is 9.76. The predicted octanol–water partition coefficient (Wildman–Crippen LogP) is 3.76. The minimum absolute atomic E-state index is 0.205. The van der Waals surface area contributed by atoms with Crippen LogP contribution in [-0.2, 0) is 0 Å². The summed E-state index contributed by atoms with van der Waals surface area (Å²) in [5.74, 6) is -0.110. The summed E-state index contributed by atoms with van der Waals surface area (Å²) >= 11 is 12.5. The second-order valence-corrected chi connectivity index (χ2v) is 4.80. The zero-order chi connectivity index (χ0) is 12.8. The Hall–Kier alpha value is -0.970. The summed E-state index contributed by atoms with van der Waals surface area (Å²) in [6, 6.07) is 4.44. The first-order valence-electron chi connectivity index (χ1n) is 4.58. The zero-order valence-corrected chi connectivity index (χ0v) is 11.0. The minimum Gasteiger partial charge on any atom is -0.283 e. The smallest absolute Gasteiger partial charge is 0.283 e. The molecule has 90 valence electrons. The highest BCUT2D eigenvalue weighted by Crippen LogP contribution is 2.21. The fourth-order valence-corrected chi connectivity index (χ4v) is 1.93. The zero-order valence-electron chi connectivity index (χ0n) is 8.70. The van der Waals surface area contributed by atoms with E-state index in [1.807, 2.05) is 0 Å². The van der Waals surface area contributed by atoms with Crippen LogP contribution in [0.5, 0.6) is 0 Å². The van der Waals surface area contributed by atoms with Gasteiger partial charge < -0.3 is 0 Å². The van der Waals surface area contributed by atoms with Crippen LogP contribution in [-0.4, -0.2) is 16.9 Å². The molecular formula is C11H9Cl2NO2S. The van der Waals surface area contributed by atoms with Gasteiger partial charge >= 0.3 is 0 Å². The number of nitrogens with one attached hydrogen (secondary N) is 1. The van der Waals surface area contributed by atoms with E-state index in [1.165, 1.54) is 18.2 Å². The maximum atomic E-state index is 11.7. The van der Waals surface area contributed by atoms with Crippen LogP contribution in [0, 0.1) is 0 Å². The molecule has 0 aliphatic heterocycles. The second-order valence-electron chi connectivity index (χ2n) is 2.97. The van der Waals surface area contributed by atoms with Gasteiger partial charge in [-0.15, -0.1) is 6.58 Å². The van der Waals surface area contributed by atoms with Crippen LogP contribution in [0.4, 0.5) is 4.79 Å². The average molecular weight is 290 g/mol. The highest BCUT2D eigenvalue weighted by molar-refractivity contribution is 8.13. The Balaban J connectivity index is 2.70. The Bertz CT molecular complexity index is 463. The van der Waals surface area contributed by atoms with Gasteiger partial charge in [-0.05, 0) is 18.2 Å². The molecular weight excluding hydrogens is 281 g/mol. The van der Waals surface area contributed by atoms with E-state index in [-0.39, 0.29) is 10.6 Å². The second kappa shape index (κ2) is 6.69. The molecule has 0 atom stereocenters. The van der Waals surface area contributed by atoms with Crippen molar-refractivity contribution < 1.29 is 9.59 Å². The summed E-state index contributed by atoms with van der Waals surface area (Å²) in [4.78, 5) is 22.9. The van der Waals surface area contributed by atoms with Crippen molar-refractivity contribution in [1.82, 2.24) is 5.32 Å². The van der Waals surface area contributed by atoms with Crippen LogP contribution in [0.2, 0.25) is 10.0 Å². The number of amides is 2. The third kappa shape index (κ3) is 4.42. The minimum atomic E-state index is -0.548. The van der Waals surface area contributed by atoms with Gasteiger partial charge in [0.1, 0.15) is 0 Å². The molecule has 0 saturated carbocycles. The molecule has 1 N–H and O–H groups in total. The standard InChI is InChI=1S/C11H9Cl2NO2S/c1-2-5-17-11(16)14-10(15)8-4-3-7(12)6-9(8)13/h2-4,6H,1,5H2,(H,14,15,16). The van der Waals surface area contributed by atoms with E-state index in [9.17, 15) is 9.59 Å². The van der Waals surface area contributed by atoms with Gasteiger partial charge in [-0.25, -0.2) is 0 Å². The highest BCUT2D eigenvalue weighted by Gasteiger charge is 2.13. The summed E-state index contributed by atoms with van der Waals surface area (Å²) < 4.78 is 0. The molecule has 1 rings (SSSR count). The molecule has 17 heavy (non-hydrogen) atoms. The van der Waals surface area contributed by atoms with Crippen molar-refractivity contribution in [2.75, 3.05) is 5.75 Å². The molecule has 1 aromatic carbocycles. The van der Waals surface area contributed by atoms with Crippen LogP contribution >= 0.6 is 35.0 Å². The van der Waals surface area contributed by atoms with Gasteiger partial charge in [0.25, 0.3) is 11.1 Å². The average Bonchev–Trinajstić information content (AvgIpc) is 2.26. The van der Waals surface area contributed by atoms with Crippen molar-refractivity contribution >= 4 is 46.1 Å². The lowest BCUT2D eigenvalue weighted by atomic mass is 10.2. The van der Waals surface area contributed by atoms with Gasteiger partial charge in [-0.2, -0.15) is 0 Å². The number of halogens is 2. The fraction of sp³-hybridized carbons (Fsp3) is 0.0909. The van der Waals surface area contributed by atoms with E-state index in [4.69, 9.17) is 23.2 Å². The van der Waals surface area contributed by atoms with E-state index < -0.39 is 11.1 Å². The maximum absolute atomic E-state index is 11.7. The van der Waals surface area contributed by atoms with Crippen molar-refractivity contribution in [2.45, 2.75) is 0 Å². The topological polar surface area (TPSA) is 46.2 Å². The van der Waals surface area contributed by atoms with E-state index in [0.29, 0.717) is 10.8 Å². The number of hydrogen-bond acceptors (Lipinski definition) is 3. The van der Waals surface area contributed by atoms with Gasteiger partial charge in [0.05, 0.1) is 10.6 Å². The summed E-state index contributed by atoms with van der Waals surface area (Å²) in [6.07, 6.45) is 1.57. The number of carbonyl (C=O) groups excluding carboxylic acids is 2. The molecule has 0 heterocycles. The van der Waals surface area contributed by atoms with Gasteiger partial charge in [0.2, 0.25) is 0 Å². The molecule has 0 aromatic heterocycles. The molecule has 0 radical (unpaired) electrons. The van der Waals surface area contributed by atoms with Crippen LogP contribution in [0.1, 0.15) is 10.4 Å². The van der Waals surface area contributed by atoms with Crippen molar-refractivity contribution in [3.8, 4) is 0 Å². The Morgan fingerprint density at radius 2 is 2.12 bits per heavy atom. The molecule has 0 aliphatic rings. The summed E-state index contributed by atoms with van der Waals surface area (Å²) in [5.41, 5.74) is 0.212. The first-order valence-corrected chi connectivity index (χ1v) is 6.33. The number of rotatable bonds is 3. The molecule has 0 saturated heterocycles. The summed E-state index contributed by atoms with van der Waals surface area (Å²) in [6.45, 7) is 3.47. The lowest BCUT2D eigenvalue weighted by Gasteiger charge is -2.04. The van der Waals surface area contributed by atoms with E-state index in [2.05, 4.69) is 11.9 Å².